The SMILES string of the molecule is COC(=O)c1cncc(/C=C/c2c(C)cc(O)cc2C)c1. The molecule has 0 aliphatic carbocycles. The van der Waals surface area contributed by atoms with Crippen LogP contribution in [0.25, 0.3) is 12.2 Å². The van der Waals surface area contributed by atoms with Gasteiger partial charge in [0.2, 0.25) is 0 Å². The third-order valence-electron chi connectivity index (χ3n) is 3.20. The first-order chi connectivity index (χ1) is 10.0. The molecule has 0 saturated carbocycles. The molecule has 0 bridgehead atoms. The van der Waals surface area contributed by atoms with E-state index in [9.17, 15) is 9.90 Å². The summed E-state index contributed by atoms with van der Waals surface area (Å²) in [4.78, 5) is 15.5. The Labute approximate surface area is 123 Å². The maximum Gasteiger partial charge on any atom is 0.339 e. The lowest BCUT2D eigenvalue weighted by molar-refractivity contribution is 0.0600. The fraction of sp³-hybridized carbons (Fsp3) is 0.176. The van der Waals surface area contributed by atoms with Crippen LogP contribution in [-0.2, 0) is 4.74 Å². The van der Waals surface area contributed by atoms with E-state index in [0.29, 0.717) is 5.56 Å². The van der Waals surface area contributed by atoms with E-state index in [1.165, 1.54) is 13.3 Å². The zero-order valence-electron chi connectivity index (χ0n) is 12.3. The van der Waals surface area contributed by atoms with E-state index in [0.717, 1.165) is 22.3 Å². The van der Waals surface area contributed by atoms with Gasteiger partial charge in [-0.3, -0.25) is 4.98 Å². The molecule has 108 valence electrons. The molecule has 2 aromatic rings. The minimum atomic E-state index is -0.408. The Bertz CT molecular complexity index is 682. The molecule has 1 N–H and O–H groups in total. The molecule has 21 heavy (non-hydrogen) atoms. The van der Waals surface area contributed by atoms with Crippen molar-refractivity contribution in [2.75, 3.05) is 7.11 Å². The number of aromatic nitrogens is 1. The van der Waals surface area contributed by atoms with Gasteiger partial charge in [-0.15, -0.1) is 0 Å². The lowest BCUT2D eigenvalue weighted by atomic mass is 10.0. The monoisotopic (exact) mass is 283 g/mol. The highest BCUT2D eigenvalue weighted by atomic mass is 16.5. The van der Waals surface area contributed by atoms with Gasteiger partial charge in [-0.1, -0.05) is 12.2 Å². The third-order valence-corrected chi connectivity index (χ3v) is 3.20. The molecule has 0 saturated heterocycles. The van der Waals surface area contributed by atoms with Gasteiger partial charge in [-0.05, 0) is 54.3 Å². The first-order valence-electron chi connectivity index (χ1n) is 6.53. The van der Waals surface area contributed by atoms with E-state index in [1.54, 1.807) is 24.4 Å². The van der Waals surface area contributed by atoms with Crippen molar-refractivity contribution in [3.8, 4) is 5.75 Å². The Morgan fingerprint density at radius 2 is 1.81 bits per heavy atom. The molecule has 0 aliphatic heterocycles. The molecule has 1 aromatic carbocycles. The average Bonchev–Trinajstić information content (AvgIpc) is 2.45. The largest absolute Gasteiger partial charge is 0.508 e. The summed E-state index contributed by atoms with van der Waals surface area (Å²) in [5, 5.41) is 9.54. The first-order valence-corrected chi connectivity index (χ1v) is 6.53. The predicted octanol–water partition coefficient (Wildman–Crippen LogP) is 3.36. The van der Waals surface area contributed by atoms with Crippen LogP contribution in [0.2, 0.25) is 0 Å². The van der Waals surface area contributed by atoms with Crippen LogP contribution in [0.15, 0.2) is 30.6 Å². The topological polar surface area (TPSA) is 59.4 Å². The van der Waals surface area contributed by atoms with Crippen molar-refractivity contribution < 1.29 is 14.6 Å². The third kappa shape index (κ3) is 3.48. The molecule has 0 spiro atoms. The number of phenolic OH excluding ortho intramolecular Hbond substituents is 1. The van der Waals surface area contributed by atoms with Gasteiger partial charge in [-0.25, -0.2) is 4.79 Å². The van der Waals surface area contributed by atoms with Crippen LogP contribution >= 0.6 is 0 Å². The fourth-order valence-corrected chi connectivity index (χ4v) is 2.17. The minimum absolute atomic E-state index is 0.261. The van der Waals surface area contributed by atoms with Gasteiger partial charge in [0.1, 0.15) is 5.75 Å². The second-order valence-electron chi connectivity index (χ2n) is 4.83. The number of carbonyl (C=O) groups is 1. The van der Waals surface area contributed by atoms with E-state index < -0.39 is 5.97 Å². The van der Waals surface area contributed by atoms with Crippen molar-refractivity contribution in [3.63, 3.8) is 0 Å². The quantitative estimate of drug-likeness (QED) is 0.877. The van der Waals surface area contributed by atoms with Crippen molar-refractivity contribution in [3.05, 3.63) is 58.4 Å². The van der Waals surface area contributed by atoms with E-state index in [-0.39, 0.29) is 5.75 Å². The van der Waals surface area contributed by atoms with E-state index >= 15 is 0 Å². The smallest absolute Gasteiger partial charge is 0.339 e. The number of ether oxygens (including phenoxy) is 1. The molecule has 0 fully saturated rings. The Hall–Kier alpha value is -2.62. The number of esters is 1. The van der Waals surface area contributed by atoms with Crippen molar-refractivity contribution >= 4 is 18.1 Å². The number of phenols is 1. The van der Waals surface area contributed by atoms with Crippen molar-refractivity contribution in [2.45, 2.75) is 13.8 Å². The highest BCUT2D eigenvalue weighted by molar-refractivity contribution is 5.90. The van der Waals surface area contributed by atoms with Gasteiger partial charge >= 0.3 is 5.97 Å². The maximum atomic E-state index is 11.5. The summed E-state index contributed by atoms with van der Waals surface area (Å²) in [6, 6.07) is 5.16. The standard InChI is InChI=1S/C17H17NO3/c1-11-6-15(19)7-12(2)16(11)5-4-13-8-14(10-18-9-13)17(20)21-3/h4-10,19H,1-3H3/b5-4+. The second kappa shape index (κ2) is 6.22. The number of rotatable bonds is 3. The van der Waals surface area contributed by atoms with Crippen LogP contribution in [0.1, 0.15) is 32.6 Å². The molecule has 0 unspecified atom stereocenters. The van der Waals surface area contributed by atoms with Gasteiger partial charge in [0, 0.05) is 12.4 Å². The highest BCUT2D eigenvalue weighted by Gasteiger charge is 2.06. The number of nitrogens with zero attached hydrogens (tertiary/aromatic N) is 1. The summed E-state index contributed by atoms with van der Waals surface area (Å²) in [6.45, 7) is 3.88. The lowest BCUT2D eigenvalue weighted by Crippen LogP contribution is -2.01. The number of aryl methyl sites for hydroxylation is 2. The molecule has 4 heteroatoms. The number of methoxy groups -OCH3 is 1. The first kappa shape index (κ1) is 14.8. The molecule has 0 aliphatic rings. The van der Waals surface area contributed by atoms with Crippen molar-refractivity contribution in [1.82, 2.24) is 4.98 Å². The summed E-state index contributed by atoms with van der Waals surface area (Å²) in [7, 11) is 1.34. The van der Waals surface area contributed by atoms with Crippen LogP contribution in [0.4, 0.5) is 0 Å². The van der Waals surface area contributed by atoms with Crippen LogP contribution in [-0.4, -0.2) is 23.2 Å². The number of benzene rings is 1. The zero-order valence-corrected chi connectivity index (χ0v) is 12.3. The molecular formula is C17H17NO3. The summed E-state index contributed by atoms with van der Waals surface area (Å²) < 4.78 is 4.67. The van der Waals surface area contributed by atoms with Crippen LogP contribution in [0, 0.1) is 13.8 Å². The molecule has 0 atom stereocenters. The molecule has 4 nitrogen and oxygen atoms in total. The zero-order chi connectivity index (χ0) is 15.4. The highest BCUT2D eigenvalue weighted by Crippen LogP contribution is 2.22. The number of hydrogen-bond acceptors (Lipinski definition) is 4. The van der Waals surface area contributed by atoms with Gasteiger partial charge in [-0.2, -0.15) is 0 Å². The molecule has 1 aromatic heterocycles. The summed E-state index contributed by atoms with van der Waals surface area (Å²) >= 11 is 0. The fourth-order valence-electron chi connectivity index (χ4n) is 2.17. The van der Waals surface area contributed by atoms with Gasteiger partial charge in [0.25, 0.3) is 0 Å². The van der Waals surface area contributed by atoms with Crippen LogP contribution in [0.3, 0.4) is 0 Å². The Balaban J connectivity index is 2.32. The van der Waals surface area contributed by atoms with Crippen LogP contribution in [0.5, 0.6) is 5.75 Å². The van der Waals surface area contributed by atoms with Gasteiger partial charge in [0.05, 0.1) is 12.7 Å². The van der Waals surface area contributed by atoms with Crippen molar-refractivity contribution in [1.29, 1.82) is 0 Å². The molecule has 0 amide bonds. The number of hydrogen-bond donors (Lipinski definition) is 1. The Kier molecular flexibility index (Phi) is 4.38. The normalized spacial score (nSPS) is 10.8. The number of pyridine rings is 1. The average molecular weight is 283 g/mol. The Morgan fingerprint density at radius 3 is 2.43 bits per heavy atom. The van der Waals surface area contributed by atoms with Crippen LogP contribution < -0.4 is 0 Å². The van der Waals surface area contributed by atoms with Gasteiger partial charge < -0.3 is 9.84 Å². The predicted molar refractivity (Wildman–Crippen MR) is 82.1 cm³/mol. The van der Waals surface area contributed by atoms with E-state index in [2.05, 4.69) is 9.72 Å². The molecule has 2 rings (SSSR count). The summed E-state index contributed by atoms with van der Waals surface area (Å²) in [5.41, 5.74) is 4.24. The summed E-state index contributed by atoms with van der Waals surface area (Å²) in [5.74, 6) is -0.147. The van der Waals surface area contributed by atoms with Gasteiger partial charge in [0.15, 0.2) is 0 Å². The number of aromatic hydroxyl groups is 1. The summed E-state index contributed by atoms with van der Waals surface area (Å²) in [6.07, 6.45) is 6.97. The minimum Gasteiger partial charge on any atom is -0.508 e. The number of carbonyl (C=O) groups excluding carboxylic acids is 1. The molecular weight excluding hydrogens is 266 g/mol. The van der Waals surface area contributed by atoms with E-state index in [1.807, 2.05) is 26.0 Å². The second-order valence-corrected chi connectivity index (χ2v) is 4.83. The van der Waals surface area contributed by atoms with E-state index in [4.69, 9.17) is 0 Å². The van der Waals surface area contributed by atoms with Crippen molar-refractivity contribution in [2.24, 2.45) is 0 Å². The Morgan fingerprint density at radius 1 is 1.14 bits per heavy atom. The lowest BCUT2D eigenvalue weighted by Gasteiger charge is -2.06. The maximum absolute atomic E-state index is 11.5. The molecule has 0 radical (unpaired) electrons. The molecule has 1 heterocycles.